The lowest BCUT2D eigenvalue weighted by Crippen LogP contribution is -1.99. The molecule has 0 aliphatic heterocycles. The lowest BCUT2D eigenvalue weighted by atomic mass is 10.2. The van der Waals surface area contributed by atoms with Crippen molar-refractivity contribution in [3.63, 3.8) is 0 Å². The third-order valence-electron chi connectivity index (χ3n) is 2.60. The fourth-order valence-electron chi connectivity index (χ4n) is 1.69. The zero-order valence-electron chi connectivity index (χ0n) is 11.1. The summed E-state index contributed by atoms with van der Waals surface area (Å²) in [4.78, 5) is 4.48. The van der Waals surface area contributed by atoms with E-state index in [1.54, 1.807) is 0 Å². The van der Waals surface area contributed by atoms with Crippen LogP contribution in [0.5, 0.6) is 5.75 Å². The predicted molar refractivity (Wildman–Crippen MR) is 91.3 cm³/mol. The molecular formula is C16H15Br2NO. The minimum atomic E-state index is 0.687. The molecule has 0 saturated heterocycles. The van der Waals surface area contributed by atoms with Crippen LogP contribution < -0.4 is 4.74 Å². The van der Waals surface area contributed by atoms with Gasteiger partial charge in [0.25, 0.3) is 0 Å². The molecule has 0 saturated carbocycles. The SMILES string of the molecule is CCCOc1c(Br)cc(Br)cc1C=Nc1ccccc1. The number of para-hydroxylation sites is 1. The lowest BCUT2D eigenvalue weighted by Gasteiger charge is -2.11. The van der Waals surface area contributed by atoms with E-state index in [1.165, 1.54) is 0 Å². The first-order chi connectivity index (χ1) is 9.70. The van der Waals surface area contributed by atoms with Crippen molar-refractivity contribution in [3.8, 4) is 5.75 Å². The van der Waals surface area contributed by atoms with Crippen LogP contribution in [0.4, 0.5) is 5.69 Å². The molecule has 0 amide bonds. The van der Waals surface area contributed by atoms with Crippen molar-refractivity contribution >= 4 is 43.8 Å². The number of benzene rings is 2. The molecule has 2 aromatic rings. The first-order valence-corrected chi connectivity index (χ1v) is 8.00. The molecule has 0 spiro atoms. The fourth-order valence-corrected chi connectivity index (χ4v) is 3.06. The molecule has 4 heteroatoms. The van der Waals surface area contributed by atoms with Crippen LogP contribution >= 0.6 is 31.9 Å². The molecule has 0 aromatic heterocycles. The maximum atomic E-state index is 5.80. The Hall–Kier alpha value is -1.13. The van der Waals surface area contributed by atoms with Gasteiger partial charge in [-0.05, 0) is 46.6 Å². The highest BCUT2D eigenvalue weighted by atomic mass is 79.9. The Morgan fingerprint density at radius 3 is 2.60 bits per heavy atom. The summed E-state index contributed by atoms with van der Waals surface area (Å²) in [7, 11) is 0. The molecular weight excluding hydrogens is 382 g/mol. The normalized spacial score (nSPS) is 10.9. The van der Waals surface area contributed by atoms with Gasteiger partial charge in [0, 0.05) is 16.3 Å². The first kappa shape index (κ1) is 15.3. The predicted octanol–water partition coefficient (Wildman–Crippen LogP) is 5.75. The number of aliphatic imine (C=N–C) groups is 1. The van der Waals surface area contributed by atoms with Gasteiger partial charge in [-0.3, -0.25) is 4.99 Å². The van der Waals surface area contributed by atoms with Crippen molar-refractivity contribution in [3.05, 3.63) is 57.0 Å². The van der Waals surface area contributed by atoms with Crippen molar-refractivity contribution in [1.29, 1.82) is 0 Å². The molecule has 0 aliphatic carbocycles. The van der Waals surface area contributed by atoms with Crippen molar-refractivity contribution in [2.45, 2.75) is 13.3 Å². The average molecular weight is 397 g/mol. The Morgan fingerprint density at radius 2 is 1.90 bits per heavy atom. The molecule has 20 heavy (non-hydrogen) atoms. The van der Waals surface area contributed by atoms with Gasteiger partial charge in [-0.15, -0.1) is 0 Å². The van der Waals surface area contributed by atoms with Gasteiger partial charge in [0.1, 0.15) is 5.75 Å². The van der Waals surface area contributed by atoms with E-state index in [0.29, 0.717) is 6.61 Å². The minimum absolute atomic E-state index is 0.687. The summed E-state index contributed by atoms with van der Waals surface area (Å²) in [6.45, 7) is 2.77. The van der Waals surface area contributed by atoms with Crippen LogP contribution in [0.3, 0.4) is 0 Å². The monoisotopic (exact) mass is 395 g/mol. The van der Waals surface area contributed by atoms with Crippen LogP contribution in [0.25, 0.3) is 0 Å². The Morgan fingerprint density at radius 1 is 1.15 bits per heavy atom. The molecule has 104 valence electrons. The number of nitrogens with zero attached hydrogens (tertiary/aromatic N) is 1. The molecule has 0 N–H and O–H groups in total. The highest BCUT2D eigenvalue weighted by molar-refractivity contribution is 9.11. The Labute approximate surface area is 136 Å². The van der Waals surface area contributed by atoms with E-state index in [0.717, 1.165) is 32.4 Å². The molecule has 2 rings (SSSR count). The van der Waals surface area contributed by atoms with Crippen LogP contribution in [-0.4, -0.2) is 12.8 Å². The van der Waals surface area contributed by atoms with Gasteiger partial charge >= 0.3 is 0 Å². The first-order valence-electron chi connectivity index (χ1n) is 6.41. The van der Waals surface area contributed by atoms with Gasteiger partial charge in [-0.2, -0.15) is 0 Å². The summed E-state index contributed by atoms with van der Waals surface area (Å²) >= 11 is 7.03. The zero-order chi connectivity index (χ0) is 14.4. The van der Waals surface area contributed by atoms with E-state index in [2.05, 4.69) is 43.8 Å². The van der Waals surface area contributed by atoms with Gasteiger partial charge in [-0.1, -0.05) is 41.1 Å². The highest BCUT2D eigenvalue weighted by Gasteiger charge is 2.08. The van der Waals surface area contributed by atoms with E-state index < -0.39 is 0 Å². The van der Waals surface area contributed by atoms with Gasteiger partial charge in [0.2, 0.25) is 0 Å². The van der Waals surface area contributed by atoms with Gasteiger partial charge < -0.3 is 4.74 Å². The molecule has 0 heterocycles. The van der Waals surface area contributed by atoms with Crippen molar-refractivity contribution < 1.29 is 4.74 Å². The number of ether oxygens (including phenoxy) is 1. The van der Waals surface area contributed by atoms with Crippen LogP contribution in [-0.2, 0) is 0 Å². The summed E-state index contributed by atoms with van der Waals surface area (Å²) in [5.74, 6) is 0.828. The number of halogens is 2. The largest absolute Gasteiger partial charge is 0.492 e. The van der Waals surface area contributed by atoms with E-state index in [4.69, 9.17) is 4.74 Å². The average Bonchev–Trinajstić information content (AvgIpc) is 2.45. The van der Waals surface area contributed by atoms with Gasteiger partial charge in [-0.25, -0.2) is 0 Å². The highest BCUT2D eigenvalue weighted by Crippen LogP contribution is 2.32. The molecule has 0 fully saturated rings. The standard InChI is InChI=1S/C16H15Br2NO/c1-2-8-20-16-12(9-13(17)10-15(16)18)11-19-14-6-4-3-5-7-14/h3-7,9-11H,2,8H2,1H3. The topological polar surface area (TPSA) is 21.6 Å². The number of hydrogen-bond acceptors (Lipinski definition) is 2. The third-order valence-corrected chi connectivity index (χ3v) is 3.64. The molecule has 0 unspecified atom stereocenters. The summed E-state index contributed by atoms with van der Waals surface area (Å²) in [5.41, 5.74) is 1.87. The molecule has 2 nitrogen and oxygen atoms in total. The minimum Gasteiger partial charge on any atom is -0.492 e. The maximum absolute atomic E-state index is 5.80. The third kappa shape index (κ3) is 4.18. The second kappa shape index (κ2) is 7.60. The van der Waals surface area contributed by atoms with Crippen LogP contribution in [0.1, 0.15) is 18.9 Å². The van der Waals surface area contributed by atoms with Crippen molar-refractivity contribution in [2.75, 3.05) is 6.61 Å². The van der Waals surface area contributed by atoms with Gasteiger partial charge in [0.05, 0.1) is 16.8 Å². The quantitative estimate of drug-likeness (QED) is 0.589. The lowest BCUT2D eigenvalue weighted by molar-refractivity contribution is 0.315. The molecule has 0 atom stereocenters. The van der Waals surface area contributed by atoms with Crippen LogP contribution in [0.15, 0.2) is 56.4 Å². The smallest absolute Gasteiger partial charge is 0.142 e. The van der Waals surface area contributed by atoms with Crippen molar-refractivity contribution in [1.82, 2.24) is 0 Å². The Balaban J connectivity index is 2.32. The molecule has 0 radical (unpaired) electrons. The second-order valence-electron chi connectivity index (χ2n) is 4.25. The van der Waals surface area contributed by atoms with E-state index in [1.807, 2.05) is 48.7 Å². The maximum Gasteiger partial charge on any atom is 0.142 e. The second-order valence-corrected chi connectivity index (χ2v) is 6.02. The number of rotatable bonds is 5. The number of hydrogen-bond donors (Lipinski definition) is 0. The van der Waals surface area contributed by atoms with Gasteiger partial charge in [0.15, 0.2) is 0 Å². The van der Waals surface area contributed by atoms with E-state index >= 15 is 0 Å². The Kier molecular flexibility index (Phi) is 5.80. The molecule has 0 bridgehead atoms. The summed E-state index contributed by atoms with van der Waals surface area (Å²) in [6.07, 6.45) is 2.80. The van der Waals surface area contributed by atoms with Crippen molar-refractivity contribution in [2.24, 2.45) is 4.99 Å². The summed E-state index contributed by atoms with van der Waals surface area (Å²) in [5, 5.41) is 0. The molecule has 0 aliphatic rings. The summed E-state index contributed by atoms with van der Waals surface area (Å²) in [6, 6.07) is 13.8. The molecule has 2 aromatic carbocycles. The zero-order valence-corrected chi connectivity index (χ0v) is 14.3. The fraction of sp³-hybridized carbons (Fsp3) is 0.188. The van der Waals surface area contributed by atoms with Crippen LogP contribution in [0.2, 0.25) is 0 Å². The van der Waals surface area contributed by atoms with Crippen LogP contribution in [0, 0.1) is 0 Å². The van der Waals surface area contributed by atoms with E-state index in [9.17, 15) is 0 Å². The summed E-state index contributed by atoms with van der Waals surface area (Å²) < 4.78 is 7.72. The van der Waals surface area contributed by atoms with E-state index in [-0.39, 0.29) is 0 Å². The Bertz CT molecular complexity index is 597.